The Hall–Kier alpha value is -0.760. The lowest BCUT2D eigenvalue weighted by atomic mass is 10.2. The Morgan fingerprint density at radius 2 is 2.10 bits per heavy atom. The van der Waals surface area contributed by atoms with Gasteiger partial charge in [0.05, 0.1) is 26.4 Å². The molecular formula is C12H12BrClN2O2S2. The molecule has 0 aliphatic carbocycles. The third kappa shape index (κ3) is 4.66. The Balaban J connectivity index is 2.12. The third-order valence-electron chi connectivity index (χ3n) is 2.37. The summed E-state index contributed by atoms with van der Waals surface area (Å²) < 4.78 is 25.9. The number of hydrogen-bond acceptors (Lipinski definition) is 4. The minimum absolute atomic E-state index is 0.478. The van der Waals surface area contributed by atoms with Gasteiger partial charge in [-0.3, -0.25) is 4.72 Å². The largest absolute Gasteiger partial charge is 0.380 e. The van der Waals surface area contributed by atoms with E-state index in [0.29, 0.717) is 22.9 Å². The molecule has 0 spiro atoms. The molecule has 0 aliphatic heterocycles. The van der Waals surface area contributed by atoms with E-state index in [2.05, 4.69) is 26.0 Å². The van der Waals surface area contributed by atoms with Gasteiger partial charge >= 0.3 is 0 Å². The molecule has 8 heteroatoms. The van der Waals surface area contributed by atoms with Crippen molar-refractivity contribution < 1.29 is 8.42 Å². The smallest absolute Gasteiger partial charge is 0.229 e. The molecule has 1 aromatic carbocycles. The molecule has 0 aliphatic rings. The number of thiophene rings is 1. The van der Waals surface area contributed by atoms with Gasteiger partial charge in [-0.1, -0.05) is 11.6 Å². The van der Waals surface area contributed by atoms with Gasteiger partial charge in [0, 0.05) is 6.54 Å². The van der Waals surface area contributed by atoms with Crippen LogP contribution in [0.1, 0.15) is 5.56 Å². The molecule has 4 nitrogen and oxygen atoms in total. The van der Waals surface area contributed by atoms with Crippen molar-refractivity contribution in [2.24, 2.45) is 0 Å². The summed E-state index contributed by atoms with van der Waals surface area (Å²) in [5.74, 6) is 0. The van der Waals surface area contributed by atoms with Crippen LogP contribution in [0.25, 0.3) is 0 Å². The molecule has 0 bridgehead atoms. The van der Waals surface area contributed by atoms with Gasteiger partial charge in [-0.05, 0) is 51.1 Å². The fourth-order valence-electron chi connectivity index (χ4n) is 1.57. The van der Waals surface area contributed by atoms with Gasteiger partial charge < -0.3 is 5.32 Å². The van der Waals surface area contributed by atoms with E-state index in [1.54, 1.807) is 29.5 Å². The van der Waals surface area contributed by atoms with Crippen molar-refractivity contribution in [3.8, 4) is 0 Å². The highest BCUT2D eigenvalue weighted by atomic mass is 79.9. The quantitative estimate of drug-likeness (QED) is 0.799. The maximum Gasteiger partial charge on any atom is 0.229 e. The van der Waals surface area contributed by atoms with Crippen molar-refractivity contribution in [1.29, 1.82) is 0 Å². The zero-order valence-electron chi connectivity index (χ0n) is 10.5. The van der Waals surface area contributed by atoms with Crippen LogP contribution >= 0.6 is 38.9 Å². The van der Waals surface area contributed by atoms with Gasteiger partial charge in [0.15, 0.2) is 0 Å². The first-order valence-corrected chi connectivity index (χ1v) is 9.52. The van der Waals surface area contributed by atoms with Crippen molar-refractivity contribution >= 4 is 60.3 Å². The molecule has 0 saturated heterocycles. The minimum atomic E-state index is -3.30. The normalized spacial score (nSPS) is 11.3. The molecule has 108 valence electrons. The highest BCUT2D eigenvalue weighted by Gasteiger charge is 2.06. The van der Waals surface area contributed by atoms with E-state index in [0.717, 1.165) is 15.6 Å². The molecule has 0 fully saturated rings. The van der Waals surface area contributed by atoms with Gasteiger partial charge in [0.2, 0.25) is 10.0 Å². The lowest BCUT2D eigenvalue weighted by Gasteiger charge is -2.10. The zero-order chi connectivity index (χ0) is 14.8. The van der Waals surface area contributed by atoms with Crippen LogP contribution in [0.4, 0.5) is 11.4 Å². The van der Waals surface area contributed by atoms with Crippen LogP contribution in [-0.2, 0) is 16.6 Å². The second-order valence-corrected chi connectivity index (χ2v) is 8.63. The van der Waals surface area contributed by atoms with E-state index in [1.807, 2.05) is 11.4 Å². The Labute approximate surface area is 135 Å². The Bertz CT molecular complexity index is 716. The van der Waals surface area contributed by atoms with Gasteiger partial charge in [-0.15, -0.1) is 11.3 Å². The summed E-state index contributed by atoms with van der Waals surface area (Å²) in [6.45, 7) is 0.615. The maximum absolute atomic E-state index is 11.2. The minimum Gasteiger partial charge on any atom is -0.380 e. The first-order chi connectivity index (χ1) is 9.33. The molecule has 20 heavy (non-hydrogen) atoms. The molecule has 0 amide bonds. The molecule has 0 radical (unpaired) electrons. The van der Waals surface area contributed by atoms with Crippen molar-refractivity contribution in [2.45, 2.75) is 6.54 Å². The van der Waals surface area contributed by atoms with Crippen LogP contribution in [0, 0.1) is 0 Å². The van der Waals surface area contributed by atoms with Crippen molar-refractivity contribution in [3.63, 3.8) is 0 Å². The summed E-state index contributed by atoms with van der Waals surface area (Å²) in [6.07, 6.45) is 1.11. The van der Waals surface area contributed by atoms with Gasteiger partial charge in [-0.2, -0.15) is 0 Å². The van der Waals surface area contributed by atoms with Crippen LogP contribution in [0.3, 0.4) is 0 Å². The summed E-state index contributed by atoms with van der Waals surface area (Å²) in [4.78, 5) is 0. The Morgan fingerprint density at radius 3 is 2.70 bits per heavy atom. The van der Waals surface area contributed by atoms with E-state index in [4.69, 9.17) is 11.6 Å². The second kappa shape index (κ2) is 6.34. The highest BCUT2D eigenvalue weighted by Crippen LogP contribution is 2.27. The number of benzene rings is 1. The van der Waals surface area contributed by atoms with Crippen LogP contribution in [0.2, 0.25) is 5.02 Å². The van der Waals surface area contributed by atoms with Crippen LogP contribution < -0.4 is 10.0 Å². The lowest BCUT2D eigenvalue weighted by molar-refractivity contribution is 0.607. The van der Waals surface area contributed by atoms with E-state index in [-0.39, 0.29) is 0 Å². The zero-order valence-corrected chi connectivity index (χ0v) is 14.5. The fraction of sp³-hybridized carbons (Fsp3) is 0.167. The van der Waals surface area contributed by atoms with Gasteiger partial charge in [0.1, 0.15) is 0 Å². The Kier molecular flexibility index (Phi) is 4.95. The molecule has 0 atom stereocenters. The number of nitrogens with one attached hydrogen (secondary N) is 2. The average Bonchev–Trinajstić information content (AvgIpc) is 2.74. The van der Waals surface area contributed by atoms with E-state index < -0.39 is 10.0 Å². The summed E-state index contributed by atoms with van der Waals surface area (Å²) >= 11 is 11.1. The molecular weight excluding hydrogens is 384 g/mol. The number of hydrogen-bond donors (Lipinski definition) is 2. The van der Waals surface area contributed by atoms with E-state index in [1.165, 1.54) is 0 Å². The Morgan fingerprint density at radius 1 is 1.35 bits per heavy atom. The fourth-order valence-corrected chi connectivity index (χ4v) is 3.52. The van der Waals surface area contributed by atoms with Crippen molar-refractivity contribution in [1.82, 2.24) is 0 Å². The van der Waals surface area contributed by atoms with Crippen molar-refractivity contribution in [2.75, 3.05) is 16.3 Å². The monoisotopic (exact) mass is 394 g/mol. The molecule has 1 aromatic heterocycles. The predicted molar refractivity (Wildman–Crippen MR) is 89.3 cm³/mol. The van der Waals surface area contributed by atoms with Crippen LogP contribution in [0.15, 0.2) is 33.4 Å². The lowest BCUT2D eigenvalue weighted by Crippen LogP contribution is -2.10. The third-order valence-corrected chi connectivity index (χ3v) is 4.86. The number of anilines is 2. The molecule has 0 unspecified atom stereocenters. The van der Waals surface area contributed by atoms with Gasteiger partial charge in [0.25, 0.3) is 0 Å². The van der Waals surface area contributed by atoms with Gasteiger partial charge in [-0.25, -0.2) is 8.42 Å². The molecule has 2 N–H and O–H groups in total. The standard InChI is InChI=1S/C12H12BrClN2O2S2/c1-20(17,18)16-9-2-3-10(14)11(5-9)15-6-8-4-12(13)19-7-8/h2-5,7,15-16H,6H2,1H3. The summed E-state index contributed by atoms with van der Waals surface area (Å²) in [5.41, 5.74) is 2.29. The number of halogens is 2. The number of sulfonamides is 1. The second-order valence-electron chi connectivity index (χ2n) is 4.18. The SMILES string of the molecule is CS(=O)(=O)Nc1ccc(Cl)c(NCc2csc(Br)c2)c1. The summed E-state index contributed by atoms with van der Waals surface area (Å²) in [6, 6.07) is 6.96. The summed E-state index contributed by atoms with van der Waals surface area (Å²) in [5, 5.41) is 5.76. The van der Waals surface area contributed by atoms with Crippen LogP contribution in [0.5, 0.6) is 0 Å². The first-order valence-electron chi connectivity index (χ1n) is 5.57. The topological polar surface area (TPSA) is 58.2 Å². The molecule has 2 rings (SSSR count). The number of rotatable bonds is 5. The summed E-state index contributed by atoms with van der Waals surface area (Å²) in [7, 11) is -3.30. The first kappa shape index (κ1) is 15.6. The molecule has 1 heterocycles. The molecule has 0 saturated carbocycles. The highest BCUT2D eigenvalue weighted by molar-refractivity contribution is 9.11. The average molecular weight is 396 g/mol. The van der Waals surface area contributed by atoms with Crippen molar-refractivity contribution in [3.05, 3.63) is 44.0 Å². The van der Waals surface area contributed by atoms with E-state index in [9.17, 15) is 8.42 Å². The van der Waals surface area contributed by atoms with E-state index >= 15 is 0 Å². The van der Waals surface area contributed by atoms with Crippen LogP contribution in [-0.4, -0.2) is 14.7 Å². The maximum atomic E-state index is 11.2. The molecule has 2 aromatic rings. The predicted octanol–water partition coefficient (Wildman–Crippen LogP) is 4.15.